The molecular weight excluding hydrogens is 478 g/mol. The third kappa shape index (κ3) is 5.68. The van der Waals surface area contributed by atoms with Crippen LogP contribution in [0.3, 0.4) is 0 Å². The normalized spacial score (nSPS) is 14.6. The van der Waals surface area contributed by atoms with Gasteiger partial charge in [0, 0.05) is 5.02 Å². The van der Waals surface area contributed by atoms with Crippen molar-refractivity contribution in [2.75, 3.05) is 25.2 Å². The van der Waals surface area contributed by atoms with E-state index < -0.39 is 0 Å². The van der Waals surface area contributed by atoms with Gasteiger partial charge in [0.25, 0.3) is 5.91 Å². The van der Waals surface area contributed by atoms with E-state index in [2.05, 4.69) is 0 Å². The number of hydrogen-bond acceptors (Lipinski definition) is 6. The van der Waals surface area contributed by atoms with E-state index in [1.165, 1.54) is 16.7 Å². The zero-order valence-electron chi connectivity index (χ0n) is 17.7. The van der Waals surface area contributed by atoms with Crippen LogP contribution in [-0.2, 0) is 4.79 Å². The minimum Gasteiger partial charge on any atom is -0.493 e. The molecule has 0 bridgehead atoms. The Morgan fingerprint density at radius 1 is 0.970 bits per heavy atom. The quantitative estimate of drug-likeness (QED) is 0.209. The molecule has 1 amide bonds. The molecule has 4 rings (SSSR count). The number of halogens is 1. The van der Waals surface area contributed by atoms with Gasteiger partial charge in [0.15, 0.2) is 15.8 Å². The number of hydrogen-bond donors (Lipinski definition) is 0. The van der Waals surface area contributed by atoms with Crippen molar-refractivity contribution in [3.8, 4) is 17.2 Å². The van der Waals surface area contributed by atoms with Crippen LogP contribution in [0.25, 0.3) is 6.08 Å². The zero-order chi connectivity index (χ0) is 23.2. The second-order valence-corrected chi connectivity index (χ2v) is 9.03. The van der Waals surface area contributed by atoms with Gasteiger partial charge in [-0.05, 0) is 60.2 Å². The van der Waals surface area contributed by atoms with E-state index in [0.717, 1.165) is 5.56 Å². The lowest BCUT2D eigenvalue weighted by molar-refractivity contribution is -0.113. The maximum atomic E-state index is 12.9. The molecule has 5 nitrogen and oxygen atoms in total. The monoisotopic (exact) mass is 497 g/mol. The predicted octanol–water partition coefficient (Wildman–Crippen LogP) is 6.21. The van der Waals surface area contributed by atoms with Gasteiger partial charge in [-0.3, -0.25) is 9.69 Å². The number of anilines is 1. The summed E-state index contributed by atoms with van der Waals surface area (Å²) in [6.45, 7) is 0.727. The summed E-state index contributed by atoms with van der Waals surface area (Å²) in [6, 6.07) is 22.0. The average molecular weight is 498 g/mol. The summed E-state index contributed by atoms with van der Waals surface area (Å²) >= 11 is 12.6. The van der Waals surface area contributed by atoms with E-state index in [9.17, 15) is 4.79 Å². The summed E-state index contributed by atoms with van der Waals surface area (Å²) in [5.41, 5.74) is 1.53. The zero-order valence-corrected chi connectivity index (χ0v) is 20.1. The second-order valence-electron chi connectivity index (χ2n) is 6.91. The molecule has 1 aliphatic heterocycles. The van der Waals surface area contributed by atoms with Crippen LogP contribution >= 0.6 is 35.6 Å². The van der Waals surface area contributed by atoms with Crippen LogP contribution in [0.1, 0.15) is 5.56 Å². The third-order valence-electron chi connectivity index (χ3n) is 4.71. The Kier molecular flexibility index (Phi) is 7.54. The van der Waals surface area contributed by atoms with Crippen molar-refractivity contribution >= 4 is 57.6 Å². The largest absolute Gasteiger partial charge is 0.493 e. The van der Waals surface area contributed by atoms with Crippen LogP contribution in [0.2, 0.25) is 5.02 Å². The molecule has 0 unspecified atom stereocenters. The van der Waals surface area contributed by atoms with Crippen molar-refractivity contribution < 1.29 is 19.0 Å². The third-order valence-corrected chi connectivity index (χ3v) is 6.27. The number of nitrogens with zero attached hydrogens (tertiary/aromatic N) is 1. The smallest absolute Gasteiger partial charge is 0.270 e. The van der Waals surface area contributed by atoms with E-state index in [-0.39, 0.29) is 5.91 Å². The van der Waals surface area contributed by atoms with E-state index in [1.807, 2.05) is 54.6 Å². The lowest BCUT2D eigenvalue weighted by Gasteiger charge is -2.14. The van der Waals surface area contributed by atoms with Gasteiger partial charge in [-0.1, -0.05) is 59.8 Å². The molecule has 1 aliphatic rings. The van der Waals surface area contributed by atoms with Crippen molar-refractivity contribution in [2.45, 2.75) is 0 Å². The fourth-order valence-corrected chi connectivity index (χ4v) is 4.60. The van der Waals surface area contributed by atoms with Crippen molar-refractivity contribution in [1.82, 2.24) is 0 Å². The number of ether oxygens (including phenoxy) is 3. The molecule has 0 spiro atoms. The highest BCUT2D eigenvalue weighted by atomic mass is 35.5. The lowest BCUT2D eigenvalue weighted by atomic mass is 10.2. The molecule has 0 atom stereocenters. The number of thioether (sulfide) groups is 1. The van der Waals surface area contributed by atoms with E-state index in [4.69, 9.17) is 38.0 Å². The van der Waals surface area contributed by atoms with Crippen molar-refractivity contribution in [3.63, 3.8) is 0 Å². The summed E-state index contributed by atoms with van der Waals surface area (Å²) in [7, 11) is 1.60. The predicted molar refractivity (Wildman–Crippen MR) is 138 cm³/mol. The first-order chi connectivity index (χ1) is 16.0. The van der Waals surface area contributed by atoms with Crippen LogP contribution in [0.5, 0.6) is 17.2 Å². The minimum absolute atomic E-state index is 0.163. The minimum atomic E-state index is -0.163. The summed E-state index contributed by atoms with van der Waals surface area (Å²) in [6.07, 6.45) is 1.81. The lowest BCUT2D eigenvalue weighted by Crippen LogP contribution is -2.27. The number of thiocarbonyl (C=S) groups is 1. The molecule has 8 heteroatoms. The highest BCUT2D eigenvalue weighted by Crippen LogP contribution is 2.36. The number of carbonyl (C=O) groups excluding carboxylic acids is 1. The summed E-state index contributed by atoms with van der Waals surface area (Å²) in [5, 5.41) is 0.602. The Labute approximate surface area is 206 Å². The molecule has 3 aromatic carbocycles. The molecule has 1 heterocycles. The Hall–Kier alpha value is -3.00. The Balaban J connectivity index is 1.39. The van der Waals surface area contributed by atoms with Gasteiger partial charge in [0.05, 0.1) is 17.7 Å². The second kappa shape index (κ2) is 10.7. The van der Waals surface area contributed by atoms with Crippen LogP contribution < -0.4 is 19.1 Å². The summed E-state index contributed by atoms with van der Waals surface area (Å²) in [5.74, 6) is 1.86. The van der Waals surface area contributed by atoms with Gasteiger partial charge in [0.2, 0.25) is 0 Å². The van der Waals surface area contributed by atoms with Crippen molar-refractivity contribution in [1.29, 1.82) is 0 Å². The van der Waals surface area contributed by atoms with Gasteiger partial charge in [-0.2, -0.15) is 0 Å². The first-order valence-corrected chi connectivity index (χ1v) is 11.7. The average Bonchev–Trinajstić information content (AvgIpc) is 3.10. The summed E-state index contributed by atoms with van der Waals surface area (Å²) < 4.78 is 17.3. The molecule has 0 N–H and O–H groups in total. The standard InChI is InChI=1S/C25H20ClNO4S2/c1-29-21-7-2-3-8-22(21)31-14-13-30-20-6-4-5-17(15-20)16-23-24(28)27(25(32)33-23)19-11-9-18(26)10-12-19/h2-12,15-16H,13-14H2,1H3/b23-16-. The van der Waals surface area contributed by atoms with Crippen molar-refractivity contribution in [3.05, 3.63) is 88.3 Å². The number of benzene rings is 3. The number of amides is 1. The number of methoxy groups -OCH3 is 1. The van der Waals surface area contributed by atoms with Gasteiger partial charge in [-0.15, -0.1) is 0 Å². The first kappa shape index (κ1) is 23.2. The maximum Gasteiger partial charge on any atom is 0.270 e. The topological polar surface area (TPSA) is 48.0 Å². The fraction of sp³-hybridized carbons (Fsp3) is 0.120. The van der Waals surface area contributed by atoms with Crippen LogP contribution in [0, 0.1) is 0 Å². The van der Waals surface area contributed by atoms with Crippen LogP contribution in [0.15, 0.2) is 77.7 Å². The molecule has 0 aliphatic carbocycles. The number of carbonyl (C=O) groups is 1. The highest BCUT2D eigenvalue weighted by molar-refractivity contribution is 8.27. The molecule has 0 aromatic heterocycles. The number of para-hydroxylation sites is 2. The Morgan fingerprint density at radius 3 is 2.45 bits per heavy atom. The van der Waals surface area contributed by atoms with Crippen molar-refractivity contribution in [2.24, 2.45) is 0 Å². The molecule has 168 valence electrons. The molecule has 0 radical (unpaired) electrons. The summed E-state index contributed by atoms with van der Waals surface area (Å²) in [4.78, 5) is 15.0. The number of rotatable bonds is 8. The van der Waals surface area contributed by atoms with Gasteiger partial charge < -0.3 is 14.2 Å². The van der Waals surface area contributed by atoms with Gasteiger partial charge in [-0.25, -0.2) is 0 Å². The fourth-order valence-electron chi connectivity index (χ4n) is 3.18. The molecule has 33 heavy (non-hydrogen) atoms. The maximum absolute atomic E-state index is 12.9. The van der Waals surface area contributed by atoms with E-state index >= 15 is 0 Å². The van der Waals surface area contributed by atoms with Crippen LogP contribution in [-0.4, -0.2) is 30.6 Å². The Morgan fingerprint density at radius 2 is 1.70 bits per heavy atom. The van der Waals surface area contributed by atoms with E-state index in [0.29, 0.717) is 50.4 Å². The Bertz CT molecular complexity index is 1200. The molecule has 3 aromatic rings. The molecular formula is C25H20ClNO4S2. The molecule has 0 saturated carbocycles. The van der Waals surface area contributed by atoms with Crippen LogP contribution in [0.4, 0.5) is 5.69 Å². The molecule has 1 fully saturated rings. The first-order valence-electron chi connectivity index (χ1n) is 10.1. The van der Waals surface area contributed by atoms with E-state index in [1.54, 1.807) is 31.4 Å². The SMILES string of the molecule is COc1ccccc1OCCOc1cccc(/C=C2\SC(=S)N(c3ccc(Cl)cc3)C2=O)c1. The molecule has 1 saturated heterocycles. The highest BCUT2D eigenvalue weighted by Gasteiger charge is 2.33. The van der Waals surface area contributed by atoms with Gasteiger partial charge >= 0.3 is 0 Å². The van der Waals surface area contributed by atoms with Gasteiger partial charge in [0.1, 0.15) is 19.0 Å².